The molecule has 0 saturated heterocycles. The van der Waals surface area contributed by atoms with Crippen LogP contribution in [0.2, 0.25) is 0 Å². The molecule has 1 aliphatic rings. The van der Waals surface area contributed by atoms with Crippen molar-refractivity contribution >= 4 is 0 Å². The molecular weight excluding hydrogens is 195 g/mol. The Labute approximate surface area is 78.7 Å². The SMILES string of the molecule is FC(F)(F)c1cnc(CNC2CC2)[nH]1. The summed E-state index contributed by atoms with van der Waals surface area (Å²) in [5, 5.41) is 3.08. The molecule has 6 heteroatoms. The Morgan fingerprint density at radius 3 is 2.71 bits per heavy atom. The van der Waals surface area contributed by atoms with Gasteiger partial charge in [-0.25, -0.2) is 4.98 Å². The molecule has 1 aromatic heterocycles. The maximum atomic E-state index is 12.1. The summed E-state index contributed by atoms with van der Waals surface area (Å²) in [6.07, 6.45) is -1.30. The third-order valence-electron chi connectivity index (χ3n) is 2.07. The Kier molecular flexibility index (Phi) is 2.22. The number of rotatable bonds is 3. The van der Waals surface area contributed by atoms with E-state index in [0.717, 1.165) is 19.0 Å². The Bertz CT molecular complexity index is 314. The predicted octanol–water partition coefficient (Wildman–Crippen LogP) is 1.68. The van der Waals surface area contributed by atoms with Crippen LogP contribution in [0.25, 0.3) is 0 Å². The number of hydrogen-bond acceptors (Lipinski definition) is 2. The molecule has 0 spiro atoms. The molecule has 2 rings (SSSR count). The highest BCUT2D eigenvalue weighted by atomic mass is 19.4. The van der Waals surface area contributed by atoms with Crippen molar-refractivity contribution in [3.8, 4) is 0 Å². The molecule has 0 aliphatic heterocycles. The highest BCUT2D eigenvalue weighted by molar-refractivity contribution is 5.05. The first-order valence-electron chi connectivity index (χ1n) is 4.40. The number of nitrogens with zero attached hydrogens (tertiary/aromatic N) is 1. The van der Waals surface area contributed by atoms with Crippen LogP contribution in [0.1, 0.15) is 24.4 Å². The fourth-order valence-corrected chi connectivity index (χ4v) is 1.12. The summed E-state index contributed by atoms with van der Waals surface area (Å²) in [7, 11) is 0. The average Bonchev–Trinajstić information content (AvgIpc) is 2.77. The van der Waals surface area contributed by atoms with Gasteiger partial charge in [-0.05, 0) is 12.8 Å². The maximum Gasteiger partial charge on any atom is 0.432 e. The zero-order valence-corrected chi connectivity index (χ0v) is 7.36. The van der Waals surface area contributed by atoms with Gasteiger partial charge in [0, 0.05) is 6.04 Å². The molecule has 0 radical (unpaired) electrons. The molecule has 1 fully saturated rings. The van der Waals surface area contributed by atoms with Crippen molar-refractivity contribution in [3.63, 3.8) is 0 Å². The number of nitrogens with one attached hydrogen (secondary N) is 2. The summed E-state index contributed by atoms with van der Waals surface area (Å²) >= 11 is 0. The number of hydrogen-bond donors (Lipinski definition) is 2. The van der Waals surface area contributed by atoms with E-state index >= 15 is 0 Å². The van der Waals surface area contributed by atoms with Crippen LogP contribution in [0.3, 0.4) is 0 Å². The summed E-state index contributed by atoms with van der Waals surface area (Å²) in [6, 6.07) is 0.467. The predicted molar refractivity (Wildman–Crippen MR) is 43.5 cm³/mol. The summed E-state index contributed by atoms with van der Waals surface area (Å²) in [4.78, 5) is 5.88. The lowest BCUT2D eigenvalue weighted by Crippen LogP contribution is -2.16. The van der Waals surface area contributed by atoms with Crippen LogP contribution < -0.4 is 5.32 Å². The molecule has 78 valence electrons. The lowest BCUT2D eigenvalue weighted by molar-refractivity contribution is -0.140. The minimum absolute atomic E-state index is 0.337. The van der Waals surface area contributed by atoms with Crippen molar-refractivity contribution < 1.29 is 13.2 Å². The quantitative estimate of drug-likeness (QED) is 0.788. The van der Waals surface area contributed by atoms with E-state index in [-0.39, 0.29) is 0 Å². The molecule has 1 aromatic rings. The molecule has 1 heterocycles. The molecule has 1 saturated carbocycles. The van der Waals surface area contributed by atoms with E-state index in [9.17, 15) is 13.2 Å². The lowest BCUT2D eigenvalue weighted by Gasteiger charge is -2.01. The van der Waals surface area contributed by atoms with Crippen molar-refractivity contribution in [1.82, 2.24) is 15.3 Å². The minimum Gasteiger partial charge on any atom is -0.337 e. The normalized spacial score (nSPS) is 17.4. The first-order valence-corrected chi connectivity index (χ1v) is 4.40. The van der Waals surface area contributed by atoms with Gasteiger partial charge in [-0.15, -0.1) is 0 Å². The fraction of sp³-hybridized carbons (Fsp3) is 0.625. The zero-order chi connectivity index (χ0) is 10.2. The number of H-pyrrole nitrogens is 1. The van der Waals surface area contributed by atoms with Crippen molar-refractivity contribution in [3.05, 3.63) is 17.7 Å². The number of alkyl halides is 3. The van der Waals surface area contributed by atoms with Gasteiger partial charge < -0.3 is 10.3 Å². The van der Waals surface area contributed by atoms with Crippen LogP contribution in [0, 0.1) is 0 Å². The van der Waals surface area contributed by atoms with Gasteiger partial charge in [0.1, 0.15) is 11.5 Å². The topological polar surface area (TPSA) is 40.7 Å². The first kappa shape index (κ1) is 9.51. The Hall–Kier alpha value is -1.04. The van der Waals surface area contributed by atoms with Crippen LogP contribution in [-0.2, 0) is 12.7 Å². The highest BCUT2D eigenvalue weighted by Crippen LogP contribution is 2.27. The second-order valence-electron chi connectivity index (χ2n) is 3.40. The molecule has 0 bridgehead atoms. The third-order valence-corrected chi connectivity index (χ3v) is 2.07. The summed E-state index contributed by atoms with van der Waals surface area (Å²) in [6.45, 7) is 0.376. The number of halogens is 3. The van der Waals surface area contributed by atoms with Gasteiger partial charge in [0.2, 0.25) is 0 Å². The average molecular weight is 205 g/mol. The van der Waals surface area contributed by atoms with E-state index in [1.165, 1.54) is 0 Å². The molecule has 1 aliphatic carbocycles. The summed E-state index contributed by atoms with van der Waals surface area (Å²) in [5.74, 6) is 0.337. The molecule has 14 heavy (non-hydrogen) atoms. The summed E-state index contributed by atoms with van der Waals surface area (Å²) in [5.41, 5.74) is -0.787. The van der Waals surface area contributed by atoms with Crippen LogP contribution in [0.4, 0.5) is 13.2 Å². The van der Waals surface area contributed by atoms with E-state index < -0.39 is 11.9 Å². The van der Waals surface area contributed by atoms with Gasteiger partial charge in [-0.3, -0.25) is 0 Å². The second-order valence-corrected chi connectivity index (χ2v) is 3.40. The molecule has 2 N–H and O–H groups in total. The molecule has 0 unspecified atom stereocenters. The highest BCUT2D eigenvalue weighted by Gasteiger charge is 2.33. The second kappa shape index (κ2) is 3.27. The van der Waals surface area contributed by atoms with Gasteiger partial charge in [0.05, 0.1) is 12.7 Å². The lowest BCUT2D eigenvalue weighted by atomic mass is 10.5. The first-order chi connectivity index (χ1) is 6.55. The van der Waals surface area contributed by atoms with Crippen LogP contribution >= 0.6 is 0 Å². The fourth-order valence-electron chi connectivity index (χ4n) is 1.12. The van der Waals surface area contributed by atoms with E-state index in [1.807, 2.05) is 0 Å². The van der Waals surface area contributed by atoms with E-state index in [2.05, 4.69) is 15.3 Å². The van der Waals surface area contributed by atoms with Crippen LogP contribution in [-0.4, -0.2) is 16.0 Å². The monoisotopic (exact) mass is 205 g/mol. The van der Waals surface area contributed by atoms with Gasteiger partial charge in [0.15, 0.2) is 0 Å². The largest absolute Gasteiger partial charge is 0.432 e. The third kappa shape index (κ3) is 2.25. The van der Waals surface area contributed by atoms with Crippen molar-refractivity contribution in [1.29, 1.82) is 0 Å². The van der Waals surface area contributed by atoms with E-state index in [1.54, 1.807) is 0 Å². The number of imidazole rings is 1. The van der Waals surface area contributed by atoms with E-state index in [0.29, 0.717) is 18.4 Å². The number of aromatic amines is 1. The van der Waals surface area contributed by atoms with Gasteiger partial charge in [-0.2, -0.15) is 13.2 Å². The van der Waals surface area contributed by atoms with Crippen molar-refractivity contribution in [2.75, 3.05) is 0 Å². The number of aromatic nitrogens is 2. The van der Waals surface area contributed by atoms with Crippen LogP contribution in [0.5, 0.6) is 0 Å². The van der Waals surface area contributed by atoms with E-state index in [4.69, 9.17) is 0 Å². The van der Waals surface area contributed by atoms with Gasteiger partial charge >= 0.3 is 6.18 Å². The van der Waals surface area contributed by atoms with Gasteiger partial charge in [-0.1, -0.05) is 0 Å². The Morgan fingerprint density at radius 2 is 2.21 bits per heavy atom. The standard InChI is InChI=1S/C8H10F3N3/c9-8(10,11)6-3-13-7(14-6)4-12-5-1-2-5/h3,5,12H,1-2,4H2,(H,13,14). The molecule has 3 nitrogen and oxygen atoms in total. The maximum absolute atomic E-state index is 12.1. The Balaban J connectivity index is 1.94. The minimum atomic E-state index is -4.33. The van der Waals surface area contributed by atoms with Crippen molar-refractivity contribution in [2.45, 2.75) is 31.6 Å². The van der Waals surface area contributed by atoms with Crippen LogP contribution in [0.15, 0.2) is 6.20 Å². The molecular formula is C8H10F3N3. The smallest absolute Gasteiger partial charge is 0.337 e. The molecule has 0 atom stereocenters. The molecule has 0 aromatic carbocycles. The van der Waals surface area contributed by atoms with Gasteiger partial charge in [0.25, 0.3) is 0 Å². The Morgan fingerprint density at radius 1 is 1.50 bits per heavy atom. The summed E-state index contributed by atoms with van der Waals surface area (Å²) < 4.78 is 36.4. The van der Waals surface area contributed by atoms with Crippen molar-refractivity contribution in [2.24, 2.45) is 0 Å². The zero-order valence-electron chi connectivity index (χ0n) is 7.36. The molecule has 0 amide bonds.